The Bertz CT molecular complexity index is 1220. The van der Waals surface area contributed by atoms with Crippen LogP contribution in [-0.4, -0.2) is 29.5 Å². The summed E-state index contributed by atoms with van der Waals surface area (Å²) in [6, 6.07) is 21.8. The fourth-order valence-corrected chi connectivity index (χ4v) is 3.08. The van der Waals surface area contributed by atoms with Gasteiger partial charge in [-0.3, -0.25) is 0 Å². The molecule has 0 bridgehead atoms. The summed E-state index contributed by atoms with van der Waals surface area (Å²) in [6.45, 7) is 0. The zero-order valence-corrected chi connectivity index (χ0v) is 13.5. The molecule has 5 aromatic rings. The highest BCUT2D eigenvalue weighted by molar-refractivity contribution is 5.80. The highest BCUT2D eigenvalue weighted by atomic mass is 15.4. The van der Waals surface area contributed by atoms with Crippen molar-refractivity contribution >= 4 is 22.1 Å². The van der Waals surface area contributed by atoms with Crippen molar-refractivity contribution in [2.75, 3.05) is 0 Å². The van der Waals surface area contributed by atoms with Crippen molar-refractivity contribution in [2.45, 2.75) is 0 Å². The molecule has 6 heteroatoms. The van der Waals surface area contributed by atoms with Crippen molar-refractivity contribution < 1.29 is 0 Å². The number of aromatic nitrogens is 6. The lowest BCUT2D eigenvalue weighted by atomic mass is 10.3. The van der Waals surface area contributed by atoms with Gasteiger partial charge in [-0.2, -0.15) is 4.68 Å². The Balaban J connectivity index is 1.69. The average molecular weight is 326 g/mol. The minimum atomic E-state index is 0.721. The van der Waals surface area contributed by atoms with Crippen molar-refractivity contribution in [1.29, 1.82) is 0 Å². The van der Waals surface area contributed by atoms with E-state index in [1.807, 2.05) is 67.7 Å². The summed E-state index contributed by atoms with van der Waals surface area (Å²) in [5.74, 6) is 1.55. The second kappa shape index (κ2) is 5.24. The summed E-state index contributed by atoms with van der Waals surface area (Å²) < 4.78 is 3.81. The fraction of sp³-hybridized carbons (Fsp3) is 0.0526. The molecule has 0 unspecified atom stereocenters. The van der Waals surface area contributed by atoms with E-state index in [1.165, 1.54) is 0 Å². The van der Waals surface area contributed by atoms with E-state index in [0.717, 1.165) is 39.4 Å². The van der Waals surface area contributed by atoms with E-state index in [4.69, 9.17) is 9.97 Å². The van der Waals surface area contributed by atoms with Crippen molar-refractivity contribution in [3.05, 3.63) is 66.7 Å². The molecule has 3 heterocycles. The van der Waals surface area contributed by atoms with Crippen LogP contribution < -0.4 is 0 Å². The van der Waals surface area contributed by atoms with Gasteiger partial charge in [0.15, 0.2) is 11.6 Å². The first kappa shape index (κ1) is 13.9. The molecule has 0 amide bonds. The molecule has 0 N–H and O–H groups in total. The molecule has 0 atom stereocenters. The van der Waals surface area contributed by atoms with Gasteiger partial charge in [0, 0.05) is 7.05 Å². The zero-order chi connectivity index (χ0) is 16.8. The average Bonchev–Trinajstić information content (AvgIpc) is 3.24. The number of hydrogen-bond acceptors (Lipinski definition) is 4. The molecule has 0 saturated carbocycles. The molecule has 6 nitrogen and oxygen atoms in total. The van der Waals surface area contributed by atoms with Crippen LogP contribution >= 0.6 is 0 Å². The van der Waals surface area contributed by atoms with E-state index in [1.54, 1.807) is 4.68 Å². The summed E-state index contributed by atoms with van der Waals surface area (Å²) in [7, 11) is 2.00. The third-order valence-corrected chi connectivity index (χ3v) is 4.32. The molecular formula is C19H14N6. The smallest absolute Gasteiger partial charge is 0.159 e. The SMILES string of the molecule is Cn1c(-c2cccc(-n3nnc4ccccc43)n2)nc2ccccc21. The molecule has 5 rings (SSSR count). The summed E-state index contributed by atoms with van der Waals surface area (Å²) in [4.78, 5) is 9.49. The first-order valence-electron chi connectivity index (χ1n) is 8.01. The van der Waals surface area contributed by atoms with E-state index in [9.17, 15) is 0 Å². The standard InChI is InChI=1S/C19H14N6/c1-24-16-10-4-2-7-13(16)21-19(24)15-9-6-12-18(20-15)25-17-11-5-3-8-14(17)22-23-25/h2-12H,1H3. The van der Waals surface area contributed by atoms with E-state index >= 15 is 0 Å². The molecule has 0 spiro atoms. The Hall–Kier alpha value is -3.54. The fourth-order valence-electron chi connectivity index (χ4n) is 3.08. The number of pyridine rings is 1. The van der Waals surface area contributed by atoms with Crippen molar-refractivity contribution in [3.8, 4) is 17.3 Å². The molecular weight excluding hydrogens is 312 g/mol. The number of rotatable bonds is 2. The highest BCUT2D eigenvalue weighted by Crippen LogP contribution is 2.23. The maximum atomic E-state index is 4.77. The predicted octanol–water partition coefficient (Wildman–Crippen LogP) is 3.37. The van der Waals surface area contributed by atoms with Gasteiger partial charge in [-0.15, -0.1) is 5.10 Å². The van der Waals surface area contributed by atoms with Gasteiger partial charge in [0.1, 0.15) is 11.2 Å². The number of aryl methyl sites for hydroxylation is 1. The lowest BCUT2D eigenvalue weighted by Gasteiger charge is -2.05. The third-order valence-electron chi connectivity index (χ3n) is 4.32. The number of benzene rings is 2. The predicted molar refractivity (Wildman–Crippen MR) is 96.4 cm³/mol. The first-order valence-corrected chi connectivity index (χ1v) is 8.01. The monoisotopic (exact) mass is 326 g/mol. The number of nitrogens with zero attached hydrogens (tertiary/aromatic N) is 6. The Labute approximate surface area is 143 Å². The summed E-state index contributed by atoms with van der Waals surface area (Å²) in [5.41, 5.74) is 4.61. The molecule has 0 aliphatic heterocycles. The van der Waals surface area contributed by atoms with Crippen LogP contribution in [-0.2, 0) is 7.05 Å². The van der Waals surface area contributed by atoms with Gasteiger partial charge >= 0.3 is 0 Å². The van der Waals surface area contributed by atoms with Crippen molar-refractivity contribution in [2.24, 2.45) is 7.05 Å². The molecule has 0 aliphatic carbocycles. The van der Waals surface area contributed by atoms with Crippen LogP contribution in [0.1, 0.15) is 0 Å². The van der Waals surface area contributed by atoms with Crippen LogP contribution in [0.5, 0.6) is 0 Å². The van der Waals surface area contributed by atoms with E-state index < -0.39 is 0 Å². The Morgan fingerprint density at radius 2 is 1.48 bits per heavy atom. The van der Waals surface area contributed by atoms with Crippen molar-refractivity contribution in [1.82, 2.24) is 29.5 Å². The summed E-state index contributed by atoms with van der Waals surface area (Å²) >= 11 is 0. The minimum Gasteiger partial charge on any atom is -0.326 e. The zero-order valence-electron chi connectivity index (χ0n) is 13.5. The maximum Gasteiger partial charge on any atom is 0.159 e. The molecule has 0 radical (unpaired) electrons. The van der Waals surface area contributed by atoms with Crippen LogP contribution in [0.15, 0.2) is 66.7 Å². The minimum absolute atomic E-state index is 0.721. The second-order valence-electron chi connectivity index (χ2n) is 5.85. The Morgan fingerprint density at radius 1 is 0.720 bits per heavy atom. The van der Waals surface area contributed by atoms with E-state index in [0.29, 0.717) is 0 Å². The van der Waals surface area contributed by atoms with Gasteiger partial charge in [-0.25, -0.2) is 9.97 Å². The van der Waals surface area contributed by atoms with Crippen molar-refractivity contribution in [3.63, 3.8) is 0 Å². The lowest BCUT2D eigenvalue weighted by molar-refractivity contribution is 0.800. The summed E-state index contributed by atoms with van der Waals surface area (Å²) in [6.07, 6.45) is 0. The van der Waals surface area contributed by atoms with Crippen LogP contribution in [0.2, 0.25) is 0 Å². The normalized spacial score (nSPS) is 11.4. The second-order valence-corrected chi connectivity index (χ2v) is 5.85. The van der Waals surface area contributed by atoms with Gasteiger partial charge in [-0.1, -0.05) is 35.5 Å². The highest BCUT2D eigenvalue weighted by Gasteiger charge is 2.13. The van der Waals surface area contributed by atoms with Crippen LogP contribution in [0, 0.1) is 0 Å². The molecule has 120 valence electrons. The third kappa shape index (κ3) is 2.11. The van der Waals surface area contributed by atoms with E-state index in [-0.39, 0.29) is 0 Å². The van der Waals surface area contributed by atoms with Crippen LogP contribution in [0.3, 0.4) is 0 Å². The number of fused-ring (bicyclic) bond motifs is 2. The quantitative estimate of drug-likeness (QED) is 0.499. The Kier molecular flexibility index (Phi) is 2.90. The molecule has 2 aromatic carbocycles. The van der Waals surface area contributed by atoms with Gasteiger partial charge in [0.2, 0.25) is 0 Å². The number of hydrogen-bond donors (Lipinski definition) is 0. The first-order chi connectivity index (χ1) is 12.3. The number of para-hydroxylation sites is 3. The Morgan fingerprint density at radius 3 is 2.32 bits per heavy atom. The summed E-state index contributed by atoms with van der Waals surface area (Å²) in [5, 5.41) is 8.44. The van der Waals surface area contributed by atoms with Crippen LogP contribution in [0.25, 0.3) is 39.4 Å². The molecule has 3 aromatic heterocycles. The maximum absolute atomic E-state index is 4.77. The molecule has 0 aliphatic rings. The largest absolute Gasteiger partial charge is 0.326 e. The molecule has 0 fully saturated rings. The number of imidazole rings is 1. The molecule has 0 saturated heterocycles. The van der Waals surface area contributed by atoms with Gasteiger partial charge in [0.05, 0.1) is 16.6 Å². The van der Waals surface area contributed by atoms with Gasteiger partial charge in [0.25, 0.3) is 0 Å². The van der Waals surface area contributed by atoms with Crippen LogP contribution in [0.4, 0.5) is 0 Å². The lowest BCUT2D eigenvalue weighted by Crippen LogP contribution is -2.02. The van der Waals surface area contributed by atoms with Gasteiger partial charge in [-0.05, 0) is 36.4 Å². The molecule has 25 heavy (non-hydrogen) atoms. The topological polar surface area (TPSA) is 61.4 Å². The van der Waals surface area contributed by atoms with E-state index in [2.05, 4.69) is 20.9 Å². The van der Waals surface area contributed by atoms with Gasteiger partial charge < -0.3 is 4.57 Å².